The molecule has 1 rings (SSSR count). The van der Waals surface area contributed by atoms with E-state index in [1.165, 1.54) is 0 Å². The first-order chi connectivity index (χ1) is 8.71. The molecule has 1 heterocycles. The molecule has 0 spiro atoms. The van der Waals surface area contributed by atoms with Gasteiger partial charge in [-0.3, -0.25) is 4.79 Å². The number of nitrogens with one attached hydrogen (secondary N) is 1. The van der Waals surface area contributed by atoms with Gasteiger partial charge >= 0.3 is 12.0 Å². The van der Waals surface area contributed by atoms with Gasteiger partial charge in [-0.15, -0.1) is 0 Å². The molecule has 0 aromatic heterocycles. The summed E-state index contributed by atoms with van der Waals surface area (Å²) in [7, 11) is 0. The predicted octanol–water partition coefficient (Wildman–Crippen LogP) is 2.32. The minimum atomic E-state index is -0.877. The summed E-state index contributed by atoms with van der Waals surface area (Å²) in [6.45, 7) is 9.65. The van der Waals surface area contributed by atoms with Gasteiger partial charge in [0.1, 0.15) is 0 Å². The number of rotatable bonds is 4. The lowest BCUT2D eigenvalue weighted by Gasteiger charge is -2.38. The highest BCUT2D eigenvalue weighted by Gasteiger charge is 2.30. The van der Waals surface area contributed by atoms with Crippen LogP contribution in [0.25, 0.3) is 0 Å². The molecular formula is C14H26N2O3. The van der Waals surface area contributed by atoms with E-state index in [0.29, 0.717) is 0 Å². The Morgan fingerprint density at radius 1 is 1.37 bits per heavy atom. The van der Waals surface area contributed by atoms with Crippen molar-refractivity contribution >= 4 is 12.0 Å². The summed E-state index contributed by atoms with van der Waals surface area (Å²) in [6, 6.07) is -0.442. The Labute approximate surface area is 115 Å². The van der Waals surface area contributed by atoms with Crippen molar-refractivity contribution in [2.75, 3.05) is 13.1 Å². The van der Waals surface area contributed by atoms with Crippen molar-refractivity contribution in [1.29, 1.82) is 0 Å². The number of hydrogen-bond acceptors (Lipinski definition) is 2. The molecule has 0 radical (unpaired) electrons. The van der Waals surface area contributed by atoms with E-state index in [1.807, 2.05) is 13.8 Å². The molecule has 1 aliphatic rings. The van der Waals surface area contributed by atoms with Crippen LogP contribution < -0.4 is 5.32 Å². The van der Waals surface area contributed by atoms with Crippen molar-refractivity contribution in [3.63, 3.8) is 0 Å². The molecule has 1 saturated heterocycles. The summed E-state index contributed by atoms with van der Waals surface area (Å²) in [5, 5.41) is 11.7. The van der Waals surface area contributed by atoms with Crippen LogP contribution in [0, 0.1) is 11.3 Å². The van der Waals surface area contributed by atoms with Gasteiger partial charge in [-0.25, -0.2) is 4.79 Å². The van der Waals surface area contributed by atoms with Crippen LogP contribution in [0.5, 0.6) is 0 Å². The molecule has 0 bridgehead atoms. The molecular weight excluding hydrogens is 244 g/mol. The van der Waals surface area contributed by atoms with Crippen molar-refractivity contribution in [3.8, 4) is 0 Å². The van der Waals surface area contributed by atoms with E-state index >= 15 is 0 Å². The average molecular weight is 270 g/mol. The van der Waals surface area contributed by atoms with Crippen molar-refractivity contribution < 1.29 is 14.7 Å². The van der Waals surface area contributed by atoms with Crippen LogP contribution in [0.3, 0.4) is 0 Å². The number of likely N-dealkylation sites (tertiary alicyclic amines) is 1. The summed E-state index contributed by atoms with van der Waals surface area (Å²) < 4.78 is 0. The number of aliphatic carboxylic acids is 1. The predicted molar refractivity (Wildman–Crippen MR) is 74.0 cm³/mol. The molecule has 0 aliphatic carbocycles. The fourth-order valence-electron chi connectivity index (χ4n) is 2.49. The number of carboxylic acids is 1. The van der Waals surface area contributed by atoms with Gasteiger partial charge in [0.2, 0.25) is 0 Å². The van der Waals surface area contributed by atoms with Crippen molar-refractivity contribution in [3.05, 3.63) is 0 Å². The van der Waals surface area contributed by atoms with Gasteiger partial charge in [0.15, 0.2) is 0 Å². The highest BCUT2D eigenvalue weighted by Crippen LogP contribution is 2.28. The SMILES string of the molecule is CC(C)C(CC(=O)O)NC(=O)N1CCCC(C)(C)C1. The quantitative estimate of drug-likeness (QED) is 0.823. The zero-order valence-electron chi connectivity index (χ0n) is 12.4. The molecule has 19 heavy (non-hydrogen) atoms. The fraction of sp³-hybridized carbons (Fsp3) is 0.857. The molecule has 0 aromatic rings. The molecule has 0 saturated carbocycles. The number of urea groups is 1. The van der Waals surface area contributed by atoms with Gasteiger partial charge in [0, 0.05) is 19.1 Å². The van der Waals surface area contributed by atoms with Gasteiger partial charge in [0.05, 0.1) is 6.42 Å². The summed E-state index contributed by atoms with van der Waals surface area (Å²) in [6.07, 6.45) is 2.10. The van der Waals surface area contributed by atoms with Gasteiger partial charge < -0.3 is 15.3 Å². The second-order valence-corrected chi connectivity index (χ2v) is 6.59. The highest BCUT2D eigenvalue weighted by molar-refractivity contribution is 5.76. The molecule has 0 aromatic carbocycles. The Kier molecular flexibility index (Phi) is 5.20. The minimum Gasteiger partial charge on any atom is -0.481 e. The van der Waals surface area contributed by atoms with Crippen LogP contribution in [-0.4, -0.2) is 41.1 Å². The zero-order chi connectivity index (χ0) is 14.6. The number of carboxylic acid groups (broad SMARTS) is 1. The maximum absolute atomic E-state index is 12.2. The van der Waals surface area contributed by atoms with E-state index < -0.39 is 5.97 Å². The Bertz CT molecular complexity index is 340. The fourth-order valence-corrected chi connectivity index (χ4v) is 2.49. The Morgan fingerprint density at radius 3 is 2.47 bits per heavy atom. The first-order valence-corrected chi connectivity index (χ1v) is 6.98. The third kappa shape index (κ3) is 5.09. The number of amides is 2. The Hall–Kier alpha value is -1.26. The number of piperidine rings is 1. The van der Waals surface area contributed by atoms with Crippen LogP contribution in [0.15, 0.2) is 0 Å². The second kappa shape index (κ2) is 6.26. The molecule has 1 unspecified atom stereocenters. The third-order valence-corrected chi connectivity index (χ3v) is 3.70. The standard InChI is InChI=1S/C14H26N2O3/c1-10(2)11(8-12(17)18)15-13(19)16-7-5-6-14(3,4)9-16/h10-11H,5-9H2,1-4H3,(H,15,19)(H,17,18). The van der Waals surface area contributed by atoms with Gasteiger partial charge in [-0.2, -0.15) is 0 Å². The maximum atomic E-state index is 12.2. The summed E-state index contributed by atoms with van der Waals surface area (Å²) >= 11 is 0. The van der Waals surface area contributed by atoms with Gasteiger partial charge in [-0.1, -0.05) is 27.7 Å². The number of hydrogen-bond donors (Lipinski definition) is 2. The first-order valence-electron chi connectivity index (χ1n) is 6.98. The second-order valence-electron chi connectivity index (χ2n) is 6.59. The van der Waals surface area contributed by atoms with Crippen LogP contribution in [0.1, 0.15) is 47.0 Å². The largest absolute Gasteiger partial charge is 0.481 e. The highest BCUT2D eigenvalue weighted by atomic mass is 16.4. The molecule has 2 amide bonds. The summed E-state index contributed by atoms with van der Waals surface area (Å²) in [4.78, 5) is 24.8. The lowest BCUT2D eigenvalue weighted by atomic mass is 9.84. The van der Waals surface area contributed by atoms with Crippen LogP contribution in [0.4, 0.5) is 4.79 Å². The number of nitrogens with zero attached hydrogens (tertiary/aromatic N) is 1. The summed E-state index contributed by atoms with van der Waals surface area (Å²) in [5.74, 6) is -0.768. The maximum Gasteiger partial charge on any atom is 0.317 e. The van der Waals surface area contributed by atoms with Crippen molar-refractivity contribution in [2.45, 2.75) is 53.0 Å². The van der Waals surface area contributed by atoms with E-state index in [0.717, 1.165) is 25.9 Å². The molecule has 5 nitrogen and oxygen atoms in total. The van der Waals surface area contributed by atoms with E-state index in [1.54, 1.807) is 4.90 Å². The van der Waals surface area contributed by atoms with E-state index in [-0.39, 0.29) is 29.8 Å². The molecule has 2 N–H and O–H groups in total. The van der Waals surface area contributed by atoms with Gasteiger partial charge in [-0.05, 0) is 24.2 Å². The molecule has 110 valence electrons. The van der Waals surface area contributed by atoms with Gasteiger partial charge in [0.25, 0.3) is 0 Å². The monoisotopic (exact) mass is 270 g/mol. The van der Waals surface area contributed by atoms with Crippen LogP contribution in [0.2, 0.25) is 0 Å². The van der Waals surface area contributed by atoms with Crippen molar-refractivity contribution in [2.24, 2.45) is 11.3 Å². The van der Waals surface area contributed by atoms with Crippen LogP contribution in [-0.2, 0) is 4.79 Å². The number of carbonyl (C=O) groups is 2. The molecule has 1 aliphatic heterocycles. The third-order valence-electron chi connectivity index (χ3n) is 3.70. The topological polar surface area (TPSA) is 69.6 Å². The Morgan fingerprint density at radius 2 is 2.00 bits per heavy atom. The lowest BCUT2D eigenvalue weighted by molar-refractivity contribution is -0.137. The number of carbonyl (C=O) groups excluding carboxylic acids is 1. The average Bonchev–Trinajstić information content (AvgIpc) is 2.25. The normalized spacial score (nSPS) is 20.2. The zero-order valence-corrected chi connectivity index (χ0v) is 12.4. The Balaban J connectivity index is 2.59. The molecule has 1 fully saturated rings. The van der Waals surface area contributed by atoms with E-state index in [2.05, 4.69) is 19.2 Å². The smallest absolute Gasteiger partial charge is 0.317 e. The molecule has 5 heteroatoms. The summed E-state index contributed by atoms with van der Waals surface area (Å²) in [5.41, 5.74) is 0.149. The first kappa shape index (κ1) is 15.8. The molecule has 1 atom stereocenters. The lowest BCUT2D eigenvalue weighted by Crippen LogP contribution is -2.52. The van der Waals surface area contributed by atoms with E-state index in [4.69, 9.17) is 5.11 Å². The van der Waals surface area contributed by atoms with Crippen molar-refractivity contribution in [1.82, 2.24) is 10.2 Å². The minimum absolute atomic E-state index is 0.0271. The van der Waals surface area contributed by atoms with E-state index in [9.17, 15) is 9.59 Å². The van der Waals surface area contributed by atoms with Crippen LogP contribution >= 0.6 is 0 Å².